The van der Waals surface area contributed by atoms with Gasteiger partial charge in [0.15, 0.2) is 16.4 Å². The summed E-state index contributed by atoms with van der Waals surface area (Å²) in [5, 5.41) is 1.11. The lowest BCUT2D eigenvalue weighted by Crippen LogP contribution is -2.43. The molecule has 1 unspecified atom stereocenters. The molecule has 0 spiro atoms. The third-order valence-corrected chi connectivity index (χ3v) is 6.58. The summed E-state index contributed by atoms with van der Waals surface area (Å²) >= 11 is 0. The van der Waals surface area contributed by atoms with Gasteiger partial charge in [-0.2, -0.15) is 0 Å². The number of carbonyl (C=O) groups is 2. The number of sulfone groups is 1. The van der Waals surface area contributed by atoms with Gasteiger partial charge >= 0.3 is 5.97 Å². The number of carbonyl (C=O) groups excluding carboxylic acids is 2. The lowest BCUT2D eigenvalue weighted by molar-refractivity contribution is -0.147. The molecule has 0 saturated heterocycles. The van der Waals surface area contributed by atoms with Gasteiger partial charge in [0, 0.05) is 23.1 Å². The van der Waals surface area contributed by atoms with E-state index in [1.54, 1.807) is 30.3 Å². The van der Waals surface area contributed by atoms with Crippen LogP contribution >= 0.6 is 0 Å². The number of para-hydroxylation sites is 1. The Bertz CT molecular complexity index is 1250. The fourth-order valence-corrected chi connectivity index (χ4v) is 4.88. The highest BCUT2D eigenvalue weighted by atomic mass is 32.2. The highest BCUT2D eigenvalue weighted by molar-refractivity contribution is 7.94. The average Bonchev–Trinajstić information content (AvgIpc) is 3.44. The number of furan rings is 1. The van der Waals surface area contributed by atoms with Crippen LogP contribution in [0, 0.1) is 0 Å². The summed E-state index contributed by atoms with van der Waals surface area (Å²) in [5.74, 6) is 0.120. The normalized spacial score (nSPS) is 16.4. The van der Waals surface area contributed by atoms with Crippen LogP contribution in [0.4, 0.5) is 5.69 Å². The Morgan fingerprint density at radius 1 is 0.970 bits per heavy atom. The summed E-state index contributed by atoms with van der Waals surface area (Å²) in [6.45, 7) is -0.481. The van der Waals surface area contributed by atoms with E-state index in [1.165, 1.54) is 11.0 Å². The molecule has 0 radical (unpaired) electrons. The number of anilines is 1. The van der Waals surface area contributed by atoms with E-state index in [2.05, 4.69) is 0 Å². The average molecular weight is 466 g/mol. The first-order chi connectivity index (χ1) is 15.9. The second-order valence-corrected chi connectivity index (χ2v) is 9.55. The van der Waals surface area contributed by atoms with Crippen molar-refractivity contribution in [3.05, 3.63) is 90.0 Å². The number of esters is 1. The molecule has 1 aliphatic rings. The number of hydrogen-bond donors (Lipinski definition) is 0. The maximum Gasteiger partial charge on any atom is 0.306 e. The van der Waals surface area contributed by atoms with Crippen molar-refractivity contribution in [2.45, 2.75) is 18.9 Å². The molecule has 1 atom stereocenters. The molecule has 1 amide bonds. The van der Waals surface area contributed by atoms with Gasteiger partial charge in [-0.3, -0.25) is 9.59 Å². The summed E-state index contributed by atoms with van der Waals surface area (Å²) in [6.07, 6.45) is 1.87. The number of aryl methyl sites for hydroxylation is 1. The van der Waals surface area contributed by atoms with E-state index in [0.717, 1.165) is 11.0 Å². The van der Waals surface area contributed by atoms with Gasteiger partial charge in [-0.1, -0.05) is 48.5 Å². The lowest BCUT2D eigenvalue weighted by atomic mass is 10.2. The molecule has 7 nitrogen and oxygen atoms in total. The van der Waals surface area contributed by atoms with E-state index in [1.807, 2.05) is 42.5 Å². The molecular formula is C25H23NO6S. The number of ether oxygens (including phenoxy) is 1. The van der Waals surface area contributed by atoms with Crippen LogP contribution in [0.15, 0.2) is 88.7 Å². The van der Waals surface area contributed by atoms with Crippen molar-refractivity contribution < 1.29 is 27.2 Å². The van der Waals surface area contributed by atoms with Crippen LogP contribution in [0.2, 0.25) is 0 Å². The molecule has 2 aromatic carbocycles. The van der Waals surface area contributed by atoms with Gasteiger partial charge in [0.25, 0.3) is 5.91 Å². The fourth-order valence-electron chi connectivity index (χ4n) is 3.61. The van der Waals surface area contributed by atoms with Gasteiger partial charge in [0.05, 0.1) is 18.2 Å². The Morgan fingerprint density at radius 2 is 1.67 bits per heavy atom. The molecule has 0 N–H and O–H groups in total. The fraction of sp³-hybridized carbons (Fsp3) is 0.200. The molecule has 33 heavy (non-hydrogen) atoms. The summed E-state index contributed by atoms with van der Waals surface area (Å²) in [6, 6.07) is 21.4. The molecule has 8 heteroatoms. The molecule has 1 aromatic heterocycles. The first-order valence-corrected chi connectivity index (χ1v) is 12.2. The second-order valence-electron chi connectivity index (χ2n) is 7.62. The molecule has 3 aromatic rings. The topological polar surface area (TPSA) is 93.9 Å². The molecule has 0 bridgehead atoms. The molecule has 2 heterocycles. The van der Waals surface area contributed by atoms with Gasteiger partial charge in [-0.15, -0.1) is 0 Å². The van der Waals surface area contributed by atoms with E-state index in [0.29, 0.717) is 23.6 Å². The minimum absolute atomic E-state index is 0.0536. The van der Waals surface area contributed by atoms with Crippen molar-refractivity contribution in [3.63, 3.8) is 0 Å². The SMILES string of the molecule is O=C(CCc1ccc(-c2ccccc2)o1)OCC(=O)N(c1ccccc1)C1C=CS(=O)(=O)C1. The van der Waals surface area contributed by atoms with Crippen LogP contribution in [0.25, 0.3) is 11.3 Å². The van der Waals surface area contributed by atoms with Crippen LogP contribution in [0.3, 0.4) is 0 Å². The van der Waals surface area contributed by atoms with Crippen LogP contribution < -0.4 is 4.90 Å². The van der Waals surface area contributed by atoms with Crippen LogP contribution in [-0.4, -0.2) is 38.7 Å². The van der Waals surface area contributed by atoms with Crippen molar-refractivity contribution in [2.24, 2.45) is 0 Å². The Hall–Kier alpha value is -3.65. The molecule has 0 aliphatic carbocycles. The molecule has 170 valence electrons. The Kier molecular flexibility index (Phi) is 6.74. The predicted molar refractivity (Wildman–Crippen MR) is 124 cm³/mol. The molecular weight excluding hydrogens is 442 g/mol. The van der Waals surface area contributed by atoms with E-state index in [9.17, 15) is 18.0 Å². The van der Waals surface area contributed by atoms with Gasteiger partial charge in [0.2, 0.25) is 0 Å². The zero-order valence-corrected chi connectivity index (χ0v) is 18.6. The van der Waals surface area contributed by atoms with Crippen molar-refractivity contribution in [1.82, 2.24) is 0 Å². The molecule has 0 saturated carbocycles. The Balaban J connectivity index is 1.33. The molecule has 1 aliphatic heterocycles. The maximum atomic E-state index is 12.9. The van der Waals surface area contributed by atoms with Crippen molar-refractivity contribution >= 4 is 27.4 Å². The van der Waals surface area contributed by atoms with Crippen LogP contribution in [-0.2, 0) is 30.6 Å². The van der Waals surface area contributed by atoms with Gasteiger partial charge in [-0.25, -0.2) is 8.42 Å². The van der Waals surface area contributed by atoms with E-state index < -0.39 is 34.4 Å². The van der Waals surface area contributed by atoms with E-state index in [4.69, 9.17) is 9.15 Å². The first kappa shape index (κ1) is 22.5. The Morgan fingerprint density at radius 3 is 2.33 bits per heavy atom. The van der Waals surface area contributed by atoms with Crippen molar-refractivity contribution in [3.8, 4) is 11.3 Å². The maximum absolute atomic E-state index is 12.9. The number of benzene rings is 2. The quantitative estimate of drug-likeness (QED) is 0.470. The third-order valence-electron chi connectivity index (χ3n) is 5.20. The number of rotatable bonds is 8. The number of nitrogens with zero attached hydrogens (tertiary/aromatic N) is 1. The van der Waals surface area contributed by atoms with E-state index >= 15 is 0 Å². The zero-order valence-electron chi connectivity index (χ0n) is 17.8. The summed E-state index contributed by atoms with van der Waals surface area (Å²) < 4.78 is 34.7. The minimum atomic E-state index is -3.36. The van der Waals surface area contributed by atoms with Gasteiger partial charge in [-0.05, 0) is 30.3 Å². The highest BCUT2D eigenvalue weighted by Gasteiger charge is 2.31. The molecule has 0 fully saturated rings. The van der Waals surface area contributed by atoms with Crippen LogP contribution in [0.1, 0.15) is 12.2 Å². The standard InChI is InChI=1S/C25H23NO6S/c27-24(26(20-9-5-2-6-10-20)21-15-16-33(29,30)18-21)17-31-25(28)14-12-22-11-13-23(32-22)19-7-3-1-4-8-19/h1-11,13,15-16,21H,12,14,17-18H2. The second kappa shape index (κ2) is 9.87. The zero-order chi connectivity index (χ0) is 23.3. The summed E-state index contributed by atoms with van der Waals surface area (Å²) in [5.41, 5.74) is 1.48. The van der Waals surface area contributed by atoms with Crippen LogP contribution in [0.5, 0.6) is 0 Å². The third kappa shape index (κ3) is 5.78. The smallest absolute Gasteiger partial charge is 0.306 e. The highest BCUT2D eigenvalue weighted by Crippen LogP contribution is 2.24. The lowest BCUT2D eigenvalue weighted by Gasteiger charge is -2.27. The summed E-state index contributed by atoms with van der Waals surface area (Å²) in [4.78, 5) is 26.5. The van der Waals surface area contributed by atoms with E-state index in [-0.39, 0.29) is 12.2 Å². The number of hydrogen-bond acceptors (Lipinski definition) is 6. The largest absolute Gasteiger partial charge is 0.461 e. The van der Waals surface area contributed by atoms with Gasteiger partial charge in [0.1, 0.15) is 11.5 Å². The molecule has 4 rings (SSSR count). The number of amides is 1. The van der Waals surface area contributed by atoms with Crippen molar-refractivity contribution in [2.75, 3.05) is 17.3 Å². The van der Waals surface area contributed by atoms with Gasteiger partial charge < -0.3 is 14.1 Å². The Labute approximate surface area is 192 Å². The summed E-state index contributed by atoms with van der Waals surface area (Å²) in [7, 11) is -3.36. The monoisotopic (exact) mass is 465 g/mol. The minimum Gasteiger partial charge on any atom is -0.461 e. The van der Waals surface area contributed by atoms with Crippen molar-refractivity contribution in [1.29, 1.82) is 0 Å². The first-order valence-electron chi connectivity index (χ1n) is 10.5. The predicted octanol–water partition coefficient (Wildman–Crippen LogP) is 3.77.